The molecule has 2 saturated heterocycles. The molecule has 1 N–H and O–H groups in total. The number of rotatable bonds is 3. The first-order valence-electron chi connectivity index (χ1n) is 8.50. The minimum atomic E-state index is -5.08. The number of carboxylic acids is 1. The molecule has 152 valence electrons. The second-order valence-electron chi connectivity index (χ2n) is 6.76. The lowest BCUT2D eigenvalue weighted by atomic mass is 10.0. The number of anilines is 1. The van der Waals surface area contributed by atoms with Gasteiger partial charge in [0, 0.05) is 38.8 Å². The predicted octanol–water partition coefficient (Wildman–Crippen LogP) is 1.74. The van der Waals surface area contributed by atoms with Crippen LogP contribution in [-0.4, -0.2) is 57.5 Å². The van der Waals surface area contributed by atoms with Crippen LogP contribution in [0.1, 0.15) is 5.76 Å². The third-order valence-corrected chi connectivity index (χ3v) is 4.72. The molecular formula is C17H19F3N4O4. The van der Waals surface area contributed by atoms with Crippen molar-refractivity contribution in [2.24, 2.45) is 18.9 Å². The van der Waals surface area contributed by atoms with Gasteiger partial charge in [0.2, 0.25) is 5.91 Å². The summed E-state index contributed by atoms with van der Waals surface area (Å²) in [6.45, 7) is 3.36. The Morgan fingerprint density at radius 3 is 2.57 bits per heavy atom. The molecule has 2 aromatic heterocycles. The van der Waals surface area contributed by atoms with E-state index in [2.05, 4.69) is 10.00 Å². The normalized spacial score (nSPS) is 22.1. The molecule has 4 heterocycles. The Labute approximate surface area is 158 Å². The lowest BCUT2D eigenvalue weighted by Crippen LogP contribution is -2.32. The van der Waals surface area contributed by atoms with Gasteiger partial charge >= 0.3 is 12.1 Å². The second kappa shape index (κ2) is 7.66. The van der Waals surface area contributed by atoms with Gasteiger partial charge in [0.1, 0.15) is 5.76 Å². The molecular weight excluding hydrogens is 381 g/mol. The van der Waals surface area contributed by atoms with Crippen LogP contribution in [0, 0.1) is 11.8 Å². The van der Waals surface area contributed by atoms with Crippen LogP contribution in [0.15, 0.2) is 35.2 Å². The van der Waals surface area contributed by atoms with Crippen molar-refractivity contribution in [3.05, 3.63) is 36.5 Å². The van der Waals surface area contributed by atoms with Crippen molar-refractivity contribution >= 4 is 17.6 Å². The van der Waals surface area contributed by atoms with Gasteiger partial charge in [0.15, 0.2) is 0 Å². The van der Waals surface area contributed by atoms with Crippen LogP contribution < -0.4 is 4.90 Å². The molecule has 2 aliphatic heterocycles. The highest BCUT2D eigenvalue weighted by molar-refractivity contribution is 5.97. The fourth-order valence-corrected chi connectivity index (χ4v) is 3.48. The molecule has 8 nitrogen and oxygen atoms in total. The van der Waals surface area contributed by atoms with Crippen molar-refractivity contribution in [1.82, 2.24) is 14.7 Å². The van der Waals surface area contributed by atoms with Crippen molar-refractivity contribution in [1.29, 1.82) is 0 Å². The van der Waals surface area contributed by atoms with Gasteiger partial charge < -0.3 is 14.4 Å². The number of nitrogens with zero attached hydrogens (tertiary/aromatic N) is 4. The summed E-state index contributed by atoms with van der Waals surface area (Å²) in [5.74, 6) is -1.04. The fraction of sp³-hybridized carbons (Fsp3) is 0.471. The van der Waals surface area contributed by atoms with Gasteiger partial charge in [-0.25, -0.2) is 4.79 Å². The Balaban J connectivity index is 0.000000279. The molecule has 0 saturated carbocycles. The summed E-state index contributed by atoms with van der Waals surface area (Å²) in [5.41, 5.74) is 0.912. The number of carbonyl (C=O) groups excluding carboxylic acids is 1. The van der Waals surface area contributed by atoms with Crippen LogP contribution in [0.5, 0.6) is 0 Å². The molecule has 4 rings (SSSR count). The quantitative estimate of drug-likeness (QED) is 0.844. The number of aromatic nitrogens is 2. The Hall–Kier alpha value is -2.82. The zero-order valence-electron chi connectivity index (χ0n) is 15.0. The van der Waals surface area contributed by atoms with E-state index >= 15 is 0 Å². The van der Waals surface area contributed by atoms with Crippen molar-refractivity contribution in [2.75, 3.05) is 24.5 Å². The van der Waals surface area contributed by atoms with Gasteiger partial charge in [-0.15, -0.1) is 0 Å². The summed E-state index contributed by atoms with van der Waals surface area (Å²) < 4.78 is 38.9. The number of likely N-dealkylation sites (tertiary alicyclic amines) is 1. The van der Waals surface area contributed by atoms with Crippen molar-refractivity contribution in [3.63, 3.8) is 0 Å². The molecule has 1 amide bonds. The van der Waals surface area contributed by atoms with Crippen LogP contribution in [0.25, 0.3) is 0 Å². The van der Waals surface area contributed by atoms with Gasteiger partial charge in [-0.05, 0) is 12.1 Å². The van der Waals surface area contributed by atoms with Gasteiger partial charge in [0.25, 0.3) is 0 Å². The predicted molar refractivity (Wildman–Crippen MR) is 90.2 cm³/mol. The molecule has 2 aromatic rings. The number of fused-ring (bicyclic) bond motifs is 1. The summed E-state index contributed by atoms with van der Waals surface area (Å²) in [5, 5.41) is 11.3. The molecule has 0 bridgehead atoms. The SMILES string of the molecule is Cn1cc(N2C[C@@H]3CN(Cc4ccco4)C[C@@H]3C2=O)cn1.O=C(O)C(F)(F)F. The Morgan fingerprint density at radius 1 is 1.36 bits per heavy atom. The molecule has 2 aliphatic rings. The summed E-state index contributed by atoms with van der Waals surface area (Å²) in [4.78, 5) is 25.7. The monoisotopic (exact) mass is 400 g/mol. The topological polar surface area (TPSA) is 91.8 Å². The second-order valence-corrected chi connectivity index (χ2v) is 6.76. The minimum Gasteiger partial charge on any atom is -0.475 e. The largest absolute Gasteiger partial charge is 0.490 e. The molecule has 28 heavy (non-hydrogen) atoms. The number of alkyl halides is 3. The van der Waals surface area contributed by atoms with Gasteiger partial charge in [-0.2, -0.15) is 18.3 Å². The maximum atomic E-state index is 12.6. The fourth-order valence-electron chi connectivity index (χ4n) is 3.48. The van der Waals surface area contributed by atoms with Crippen LogP contribution >= 0.6 is 0 Å². The first-order valence-corrected chi connectivity index (χ1v) is 8.50. The van der Waals surface area contributed by atoms with E-state index in [9.17, 15) is 18.0 Å². The Kier molecular flexibility index (Phi) is 5.45. The zero-order chi connectivity index (χ0) is 20.5. The smallest absolute Gasteiger partial charge is 0.475 e. The molecule has 2 fully saturated rings. The molecule has 11 heteroatoms. The van der Waals surface area contributed by atoms with E-state index in [1.165, 1.54) is 0 Å². The number of carbonyl (C=O) groups is 2. The van der Waals surface area contributed by atoms with Gasteiger partial charge in [-0.1, -0.05) is 0 Å². The minimum absolute atomic E-state index is 0.111. The highest BCUT2D eigenvalue weighted by Gasteiger charge is 2.46. The Morgan fingerprint density at radius 2 is 2.07 bits per heavy atom. The standard InChI is InChI=1S/C15H18N4O2.C2HF3O2/c1-17-8-12(5-16-17)19-7-11-6-18(10-14(11)15(19)20)9-13-3-2-4-21-13;3-2(4,5)1(6)7/h2-5,8,11,14H,6-7,9-10H2,1H3;(H,6,7)/t11-,14-;/m0./s1. The van der Waals surface area contributed by atoms with Crippen molar-refractivity contribution in [2.45, 2.75) is 12.7 Å². The van der Waals surface area contributed by atoms with Crippen LogP contribution in [0.4, 0.5) is 18.9 Å². The third-order valence-electron chi connectivity index (χ3n) is 4.72. The van der Waals surface area contributed by atoms with Crippen molar-refractivity contribution < 1.29 is 32.3 Å². The number of furan rings is 1. The molecule has 2 atom stereocenters. The van der Waals surface area contributed by atoms with E-state index in [4.69, 9.17) is 14.3 Å². The number of aliphatic carboxylic acids is 1. The highest BCUT2D eigenvalue weighted by Crippen LogP contribution is 2.35. The third kappa shape index (κ3) is 4.35. The number of hydrogen-bond donors (Lipinski definition) is 1. The average Bonchev–Trinajstić information content (AvgIpc) is 3.36. The van der Waals surface area contributed by atoms with E-state index < -0.39 is 12.1 Å². The number of aryl methyl sites for hydroxylation is 1. The van der Waals surface area contributed by atoms with Gasteiger partial charge in [-0.3, -0.25) is 14.4 Å². The maximum absolute atomic E-state index is 12.6. The first kappa shape index (κ1) is 19.9. The lowest BCUT2D eigenvalue weighted by molar-refractivity contribution is -0.192. The number of carboxylic acid groups (broad SMARTS) is 1. The van der Waals surface area contributed by atoms with E-state index in [0.717, 1.165) is 37.6 Å². The molecule has 0 unspecified atom stereocenters. The van der Waals surface area contributed by atoms with E-state index in [0.29, 0.717) is 5.92 Å². The number of amides is 1. The summed E-state index contributed by atoms with van der Waals surface area (Å²) in [6, 6.07) is 3.89. The number of halogens is 3. The van der Waals surface area contributed by atoms with E-state index in [1.807, 2.05) is 30.3 Å². The van der Waals surface area contributed by atoms with Crippen LogP contribution in [-0.2, 0) is 23.2 Å². The van der Waals surface area contributed by atoms with E-state index in [1.54, 1.807) is 17.1 Å². The summed E-state index contributed by atoms with van der Waals surface area (Å²) >= 11 is 0. The lowest BCUT2D eigenvalue weighted by Gasteiger charge is -2.19. The Bertz CT molecular complexity index is 834. The van der Waals surface area contributed by atoms with Gasteiger partial charge in [0.05, 0.1) is 30.6 Å². The first-order chi connectivity index (χ1) is 13.1. The summed E-state index contributed by atoms with van der Waals surface area (Å²) in [6.07, 6.45) is 0.278. The molecule has 0 aliphatic carbocycles. The average molecular weight is 400 g/mol. The van der Waals surface area contributed by atoms with Crippen molar-refractivity contribution in [3.8, 4) is 0 Å². The maximum Gasteiger partial charge on any atom is 0.490 e. The highest BCUT2D eigenvalue weighted by atomic mass is 19.4. The summed E-state index contributed by atoms with van der Waals surface area (Å²) in [7, 11) is 1.87. The molecule has 0 spiro atoms. The molecule has 0 aromatic carbocycles. The zero-order valence-corrected chi connectivity index (χ0v) is 15.0. The number of hydrogen-bond acceptors (Lipinski definition) is 5. The van der Waals surface area contributed by atoms with Crippen LogP contribution in [0.3, 0.4) is 0 Å². The molecule has 0 radical (unpaired) electrons. The van der Waals surface area contributed by atoms with E-state index in [-0.39, 0.29) is 11.8 Å². The van der Waals surface area contributed by atoms with Crippen LogP contribution in [0.2, 0.25) is 0 Å².